The van der Waals surface area contributed by atoms with Gasteiger partial charge in [-0.3, -0.25) is 4.79 Å². The van der Waals surface area contributed by atoms with E-state index in [4.69, 9.17) is 10.3 Å². The first kappa shape index (κ1) is 16.3. The van der Waals surface area contributed by atoms with E-state index >= 15 is 0 Å². The number of nitrogens with zero attached hydrogens (tertiary/aromatic N) is 3. The average Bonchev–Trinajstić information content (AvgIpc) is 3.35. The monoisotopic (exact) mass is 340 g/mol. The van der Waals surface area contributed by atoms with Gasteiger partial charge in [0, 0.05) is 18.7 Å². The Morgan fingerprint density at radius 3 is 2.68 bits per heavy atom. The first-order chi connectivity index (χ1) is 12.1. The van der Waals surface area contributed by atoms with E-state index in [1.165, 1.54) is 5.56 Å². The molecule has 2 aromatic rings. The van der Waals surface area contributed by atoms with Gasteiger partial charge >= 0.3 is 0 Å². The van der Waals surface area contributed by atoms with Crippen LogP contribution in [0.15, 0.2) is 28.8 Å². The highest BCUT2D eigenvalue weighted by Gasteiger charge is 2.39. The molecule has 2 fully saturated rings. The Morgan fingerprint density at radius 2 is 2.00 bits per heavy atom. The predicted molar refractivity (Wildman–Crippen MR) is 94.2 cm³/mol. The molecule has 1 saturated heterocycles. The van der Waals surface area contributed by atoms with Crippen molar-refractivity contribution in [3.63, 3.8) is 0 Å². The van der Waals surface area contributed by atoms with Crippen molar-refractivity contribution in [3.8, 4) is 0 Å². The smallest absolute Gasteiger partial charge is 0.232 e. The number of nitrogens with two attached hydrogens (primary N) is 1. The van der Waals surface area contributed by atoms with Crippen LogP contribution in [0, 0.1) is 0 Å². The van der Waals surface area contributed by atoms with Crippen molar-refractivity contribution in [2.75, 3.05) is 11.4 Å². The molecule has 1 amide bonds. The molecular weight excluding hydrogens is 316 g/mol. The molecule has 1 aliphatic carbocycles. The predicted octanol–water partition coefficient (Wildman–Crippen LogP) is 2.88. The summed E-state index contributed by atoms with van der Waals surface area (Å²) in [5.74, 6) is 1.16. The number of aryl methyl sites for hydroxylation is 1. The van der Waals surface area contributed by atoms with Crippen molar-refractivity contribution in [2.24, 2.45) is 5.73 Å². The molecule has 6 nitrogen and oxygen atoms in total. The normalized spacial score (nSPS) is 22.7. The van der Waals surface area contributed by atoms with Crippen LogP contribution in [0.1, 0.15) is 62.2 Å². The summed E-state index contributed by atoms with van der Waals surface area (Å²) in [4.78, 5) is 18.8. The number of anilines is 1. The summed E-state index contributed by atoms with van der Waals surface area (Å²) in [7, 11) is 0. The van der Waals surface area contributed by atoms with E-state index in [1.54, 1.807) is 0 Å². The number of carbonyl (C=O) groups is 1. The SMILES string of the molecule is CCc1ccc(N2CC(c3nc(C4(N)CCCC4)no3)CC2=O)cc1. The van der Waals surface area contributed by atoms with Crippen LogP contribution in [-0.2, 0) is 16.8 Å². The molecule has 25 heavy (non-hydrogen) atoms. The molecule has 132 valence electrons. The number of carbonyl (C=O) groups excluding carboxylic acids is 1. The molecule has 1 saturated carbocycles. The highest BCUT2D eigenvalue weighted by Crippen LogP contribution is 2.36. The minimum absolute atomic E-state index is 0.0652. The first-order valence-corrected chi connectivity index (χ1v) is 9.11. The second-order valence-electron chi connectivity index (χ2n) is 7.24. The third-order valence-electron chi connectivity index (χ3n) is 5.51. The van der Waals surface area contributed by atoms with Gasteiger partial charge in [-0.1, -0.05) is 37.1 Å². The minimum Gasteiger partial charge on any atom is -0.339 e. The molecule has 1 aliphatic heterocycles. The maximum Gasteiger partial charge on any atom is 0.232 e. The Balaban J connectivity index is 1.51. The van der Waals surface area contributed by atoms with Gasteiger partial charge in [-0.05, 0) is 37.0 Å². The Morgan fingerprint density at radius 1 is 1.28 bits per heavy atom. The van der Waals surface area contributed by atoms with Gasteiger partial charge in [-0.2, -0.15) is 4.98 Å². The van der Waals surface area contributed by atoms with E-state index < -0.39 is 5.54 Å². The molecule has 0 bridgehead atoms. The van der Waals surface area contributed by atoms with Crippen molar-refractivity contribution in [2.45, 2.75) is 56.9 Å². The third kappa shape index (κ3) is 2.95. The standard InChI is InChI=1S/C19H24N4O2/c1-2-13-5-7-15(8-6-13)23-12-14(11-16(23)24)17-21-18(22-25-17)19(20)9-3-4-10-19/h5-8,14H,2-4,9-12,20H2,1H3. The Kier molecular flexibility index (Phi) is 4.07. The summed E-state index contributed by atoms with van der Waals surface area (Å²) in [6.07, 6.45) is 5.38. The van der Waals surface area contributed by atoms with Crippen LogP contribution in [0.3, 0.4) is 0 Å². The maximum atomic E-state index is 12.5. The van der Waals surface area contributed by atoms with Gasteiger partial charge in [0.05, 0.1) is 11.5 Å². The molecule has 4 rings (SSSR count). The summed E-state index contributed by atoms with van der Waals surface area (Å²) in [6, 6.07) is 8.15. The molecule has 1 aromatic carbocycles. The summed E-state index contributed by atoms with van der Waals surface area (Å²) in [5, 5.41) is 4.12. The van der Waals surface area contributed by atoms with Gasteiger partial charge in [-0.15, -0.1) is 0 Å². The van der Waals surface area contributed by atoms with Crippen LogP contribution in [0.25, 0.3) is 0 Å². The Labute approximate surface area is 147 Å². The van der Waals surface area contributed by atoms with Crippen LogP contribution in [0.5, 0.6) is 0 Å². The topological polar surface area (TPSA) is 85.2 Å². The highest BCUT2D eigenvalue weighted by molar-refractivity contribution is 5.96. The lowest BCUT2D eigenvalue weighted by Gasteiger charge is -2.18. The molecule has 2 heterocycles. The quantitative estimate of drug-likeness (QED) is 0.925. The van der Waals surface area contributed by atoms with E-state index in [9.17, 15) is 4.79 Å². The van der Waals surface area contributed by atoms with E-state index in [1.807, 2.05) is 17.0 Å². The molecule has 2 aliphatic rings. The molecular formula is C19H24N4O2. The van der Waals surface area contributed by atoms with Crippen molar-refractivity contribution >= 4 is 11.6 Å². The van der Waals surface area contributed by atoms with Gasteiger partial charge in [0.2, 0.25) is 11.8 Å². The largest absolute Gasteiger partial charge is 0.339 e. The molecule has 1 atom stereocenters. The summed E-state index contributed by atoms with van der Waals surface area (Å²) >= 11 is 0. The average molecular weight is 340 g/mol. The molecule has 1 aromatic heterocycles. The Bertz CT molecular complexity index is 762. The fourth-order valence-corrected chi connectivity index (χ4v) is 3.87. The van der Waals surface area contributed by atoms with Crippen molar-refractivity contribution in [1.29, 1.82) is 0 Å². The van der Waals surface area contributed by atoms with Crippen LogP contribution in [-0.4, -0.2) is 22.6 Å². The van der Waals surface area contributed by atoms with Crippen molar-refractivity contribution in [3.05, 3.63) is 41.5 Å². The number of aromatic nitrogens is 2. The van der Waals surface area contributed by atoms with Gasteiger partial charge in [0.25, 0.3) is 0 Å². The van der Waals surface area contributed by atoms with E-state index in [0.717, 1.165) is 37.8 Å². The number of hydrogen-bond acceptors (Lipinski definition) is 5. The van der Waals surface area contributed by atoms with Gasteiger partial charge in [-0.25, -0.2) is 0 Å². The lowest BCUT2D eigenvalue weighted by Crippen LogP contribution is -2.34. The second-order valence-corrected chi connectivity index (χ2v) is 7.24. The molecule has 2 N–H and O–H groups in total. The maximum absolute atomic E-state index is 12.5. The molecule has 1 unspecified atom stereocenters. The van der Waals surface area contributed by atoms with Crippen molar-refractivity contribution in [1.82, 2.24) is 10.1 Å². The number of hydrogen-bond donors (Lipinski definition) is 1. The van der Waals surface area contributed by atoms with Gasteiger partial charge in [0.15, 0.2) is 5.82 Å². The van der Waals surface area contributed by atoms with E-state index in [0.29, 0.717) is 24.7 Å². The Hall–Kier alpha value is -2.21. The number of benzene rings is 1. The lowest BCUT2D eigenvalue weighted by molar-refractivity contribution is -0.117. The molecule has 6 heteroatoms. The van der Waals surface area contributed by atoms with Crippen LogP contribution < -0.4 is 10.6 Å². The summed E-state index contributed by atoms with van der Waals surface area (Å²) < 4.78 is 5.48. The fourth-order valence-electron chi connectivity index (χ4n) is 3.87. The minimum atomic E-state index is -0.458. The summed E-state index contributed by atoms with van der Waals surface area (Å²) in [6.45, 7) is 2.69. The first-order valence-electron chi connectivity index (χ1n) is 9.11. The zero-order chi connectivity index (χ0) is 17.4. The zero-order valence-corrected chi connectivity index (χ0v) is 14.6. The van der Waals surface area contributed by atoms with Gasteiger partial charge in [0.1, 0.15) is 0 Å². The van der Waals surface area contributed by atoms with Crippen molar-refractivity contribution < 1.29 is 9.32 Å². The van der Waals surface area contributed by atoms with E-state index in [-0.39, 0.29) is 11.8 Å². The van der Waals surface area contributed by atoms with Crippen LogP contribution >= 0.6 is 0 Å². The van der Waals surface area contributed by atoms with Crippen LogP contribution in [0.4, 0.5) is 5.69 Å². The fraction of sp³-hybridized carbons (Fsp3) is 0.526. The lowest BCUT2D eigenvalue weighted by atomic mass is 9.98. The van der Waals surface area contributed by atoms with E-state index in [2.05, 4.69) is 29.2 Å². The molecule has 0 radical (unpaired) electrons. The highest BCUT2D eigenvalue weighted by atomic mass is 16.5. The molecule has 0 spiro atoms. The second kappa shape index (κ2) is 6.26. The van der Waals surface area contributed by atoms with Gasteiger partial charge < -0.3 is 15.2 Å². The van der Waals surface area contributed by atoms with Crippen LogP contribution in [0.2, 0.25) is 0 Å². The zero-order valence-electron chi connectivity index (χ0n) is 14.6. The number of rotatable bonds is 4. The number of amides is 1. The third-order valence-corrected chi connectivity index (χ3v) is 5.51. The summed E-state index contributed by atoms with van der Waals surface area (Å²) in [5.41, 5.74) is 8.13.